The van der Waals surface area contributed by atoms with E-state index < -0.39 is 11.7 Å². The molecular weight excluding hydrogens is 457 g/mol. The standard InChI is InChI=1S/C20H23F3N8O3/c1-13-12-29(3-4-30(13)19-24-8-14(9-25-19)20(21,22)23)17(32)2-6-34-7-5-31-16-11-26-28-18(33)15(16)10-27-31/h8-11,13H,2-7,12H2,1H3,(H,28,33). The zero-order valence-electron chi connectivity index (χ0n) is 18.3. The van der Waals surface area contributed by atoms with Crippen molar-refractivity contribution in [3.05, 3.63) is 40.7 Å². The number of aromatic amines is 1. The fourth-order valence-electron chi connectivity index (χ4n) is 3.76. The van der Waals surface area contributed by atoms with Gasteiger partial charge < -0.3 is 14.5 Å². The van der Waals surface area contributed by atoms with Gasteiger partial charge in [0, 0.05) is 38.1 Å². The zero-order chi connectivity index (χ0) is 24.3. The third-order valence-corrected chi connectivity index (χ3v) is 5.59. The Balaban J connectivity index is 1.21. The molecule has 1 amide bonds. The molecule has 0 spiro atoms. The van der Waals surface area contributed by atoms with Crippen molar-refractivity contribution in [1.82, 2.24) is 34.8 Å². The fourth-order valence-corrected chi connectivity index (χ4v) is 3.76. The third-order valence-electron chi connectivity index (χ3n) is 5.59. The largest absolute Gasteiger partial charge is 0.419 e. The molecule has 3 aromatic rings. The number of nitrogens with zero attached hydrogens (tertiary/aromatic N) is 7. The molecule has 34 heavy (non-hydrogen) atoms. The number of fused-ring (bicyclic) bond motifs is 1. The van der Waals surface area contributed by atoms with E-state index >= 15 is 0 Å². The maximum absolute atomic E-state index is 12.7. The monoisotopic (exact) mass is 480 g/mol. The maximum Gasteiger partial charge on any atom is 0.419 e. The van der Waals surface area contributed by atoms with Crippen LogP contribution in [-0.2, 0) is 22.3 Å². The second-order valence-corrected chi connectivity index (χ2v) is 7.88. The van der Waals surface area contributed by atoms with Crippen molar-refractivity contribution >= 4 is 22.8 Å². The molecule has 0 radical (unpaired) electrons. The van der Waals surface area contributed by atoms with E-state index in [1.54, 1.807) is 14.5 Å². The maximum atomic E-state index is 12.7. The van der Waals surface area contributed by atoms with E-state index in [2.05, 4.69) is 25.3 Å². The van der Waals surface area contributed by atoms with Crippen molar-refractivity contribution in [2.45, 2.75) is 32.1 Å². The average Bonchev–Trinajstić information content (AvgIpc) is 3.22. The molecule has 1 saturated heterocycles. The molecule has 4 rings (SSSR count). The molecule has 1 N–H and O–H groups in total. The number of hydrogen-bond acceptors (Lipinski definition) is 8. The predicted molar refractivity (Wildman–Crippen MR) is 114 cm³/mol. The van der Waals surface area contributed by atoms with E-state index in [1.165, 1.54) is 12.4 Å². The van der Waals surface area contributed by atoms with Crippen LogP contribution in [-0.4, -0.2) is 79.6 Å². The molecule has 0 aliphatic carbocycles. The van der Waals surface area contributed by atoms with Crippen molar-refractivity contribution in [2.24, 2.45) is 0 Å². The van der Waals surface area contributed by atoms with Gasteiger partial charge in [-0.25, -0.2) is 15.1 Å². The summed E-state index contributed by atoms with van der Waals surface area (Å²) in [5.74, 6) is 0.138. The number of carbonyl (C=O) groups is 1. The highest BCUT2D eigenvalue weighted by Crippen LogP contribution is 2.28. The number of aromatic nitrogens is 6. The number of nitrogens with one attached hydrogen (secondary N) is 1. The lowest BCUT2D eigenvalue weighted by Crippen LogP contribution is -2.54. The number of carbonyl (C=O) groups excluding carboxylic acids is 1. The highest BCUT2D eigenvalue weighted by atomic mass is 19.4. The van der Waals surface area contributed by atoms with Gasteiger partial charge in [-0.3, -0.25) is 14.3 Å². The summed E-state index contributed by atoms with van der Waals surface area (Å²) in [6, 6.07) is -0.153. The van der Waals surface area contributed by atoms with Gasteiger partial charge in [0.2, 0.25) is 11.9 Å². The number of H-pyrrole nitrogens is 1. The van der Waals surface area contributed by atoms with Gasteiger partial charge >= 0.3 is 6.18 Å². The summed E-state index contributed by atoms with van der Waals surface area (Å²) >= 11 is 0. The zero-order valence-corrected chi connectivity index (χ0v) is 18.3. The molecule has 1 atom stereocenters. The van der Waals surface area contributed by atoms with Gasteiger partial charge in [-0.1, -0.05) is 0 Å². The Morgan fingerprint density at radius 2 is 1.94 bits per heavy atom. The van der Waals surface area contributed by atoms with E-state index in [1.807, 2.05) is 6.92 Å². The van der Waals surface area contributed by atoms with Gasteiger partial charge in [0.1, 0.15) is 0 Å². The number of alkyl halides is 3. The normalized spacial score (nSPS) is 16.9. The number of amides is 1. The average molecular weight is 480 g/mol. The van der Waals surface area contributed by atoms with Crippen LogP contribution in [0.5, 0.6) is 0 Å². The molecule has 1 unspecified atom stereocenters. The van der Waals surface area contributed by atoms with Crippen LogP contribution in [0.1, 0.15) is 18.9 Å². The number of hydrogen-bond donors (Lipinski definition) is 1. The molecule has 1 aliphatic rings. The summed E-state index contributed by atoms with van der Waals surface area (Å²) in [5.41, 5.74) is -0.606. The van der Waals surface area contributed by atoms with Gasteiger partial charge in [0.15, 0.2) is 0 Å². The van der Waals surface area contributed by atoms with Crippen LogP contribution in [0.25, 0.3) is 10.9 Å². The highest BCUT2D eigenvalue weighted by molar-refractivity contribution is 5.77. The van der Waals surface area contributed by atoms with Crippen LogP contribution < -0.4 is 10.5 Å². The Bertz CT molecular complexity index is 1190. The van der Waals surface area contributed by atoms with Gasteiger partial charge in [-0.05, 0) is 6.92 Å². The number of piperazine rings is 1. The van der Waals surface area contributed by atoms with Crippen LogP contribution in [0.4, 0.5) is 19.1 Å². The summed E-state index contributed by atoms with van der Waals surface area (Å²) < 4.78 is 45.3. The van der Waals surface area contributed by atoms with Gasteiger partial charge in [0.25, 0.3) is 5.56 Å². The SMILES string of the molecule is CC1CN(C(=O)CCOCCn2ncc3c(=O)[nH]ncc32)CCN1c1ncc(C(F)(F)F)cn1. The van der Waals surface area contributed by atoms with Gasteiger partial charge in [-0.2, -0.15) is 23.4 Å². The second kappa shape index (κ2) is 9.75. The fraction of sp³-hybridized carbons (Fsp3) is 0.500. The Hall–Kier alpha value is -3.55. The lowest BCUT2D eigenvalue weighted by molar-refractivity contribution is -0.138. The molecule has 182 valence electrons. The van der Waals surface area contributed by atoms with Crippen molar-refractivity contribution in [2.75, 3.05) is 37.7 Å². The van der Waals surface area contributed by atoms with Gasteiger partial charge in [0.05, 0.1) is 55.0 Å². The molecule has 0 aromatic carbocycles. The molecule has 1 aliphatic heterocycles. The molecule has 14 heteroatoms. The summed E-state index contributed by atoms with van der Waals surface area (Å²) in [5, 5.41) is 10.7. The van der Waals surface area contributed by atoms with E-state index in [0.717, 1.165) is 12.4 Å². The van der Waals surface area contributed by atoms with Crippen LogP contribution in [0.2, 0.25) is 0 Å². The molecular formula is C20H23F3N8O3. The molecule has 3 aromatic heterocycles. The van der Waals surface area contributed by atoms with Gasteiger partial charge in [-0.15, -0.1) is 0 Å². The molecule has 1 fully saturated rings. The smallest absolute Gasteiger partial charge is 0.379 e. The van der Waals surface area contributed by atoms with E-state index in [-0.39, 0.29) is 36.5 Å². The van der Waals surface area contributed by atoms with Crippen molar-refractivity contribution in [1.29, 1.82) is 0 Å². The number of ether oxygens (including phenoxy) is 1. The van der Waals surface area contributed by atoms with Crippen LogP contribution in [0.3, 0.4) is 0 Å². The Kier molecular flexibility index (Phi) is 6.77. The second-order valence-electron chi connectivity index (χ2n) is 7.88. The topological polar surface area (TPSA) is 122 Å². The summed E-state index contributed by atoms with van der Waals surface area (Å²) in [6.07, 6.45) is 0.235. The molecule has 4 heterocycles. The van der Waals surface area contributed by atoms with Crippen molar-refractivity contribution in [3.8, 4) is 0 Å². The van der Waals surface area contributed by atoms with E-state index in [0.29, 0.717) is 43.7 Å². The van der Waals surface area contributed by atoms with E-state index in [4.69, 9.17) is 4.74 Å². The third kappa shape index (κ3) is 5.16. The van der Waals surface area contributed by atoms with E-state index in [9.17, 15) is 22.8 Å². The Morgan fingerprint density at radius 1 is 1.18 bits per heavy atom. The summed E-state index contributed by atoms with van der Waals surface area (Å²) in [4.78, 5) is 35.4. The first kappa shape index (κ1) is 23.6. The highest BCUT2D eigenvalue weighted by Gasteiger charge is 2.33. The number of halogens is 3. The quantitative estimate of drug-likeness (QED) is 0.499. The first-order valence-electron chi connectivity index (χ1n) is 10.6. The first-order chi connectivity index (χ1) is 16.2. The first-order valence-corrected chi connectivity index (χ1v) is 10.6. The lowest BCUT2D eigenvalue weighted by atomic mass is 10.2. The molecule has 11 nitrogen and oxygen atoms in total. The summed E-state index contributed by atoms with van der Waals surface area (Å²) in [6.45, 7) is 4.05. The van der Waals surface area contributed by atoms with Crippen molar-refractivity contribution in [3.63, 3.8) is 0 Å². The van der Waals surface area contributed by atoms with Crippen LogP contribution in [0, 0.1) is 0 Å². The molecule has 0 saturated carbocycles. The minimum absolute atomic E-state index is 0.0693. The Morgan fingerprint density at radius 3 is 2.65 bits per heavy atom. The minimum Gasteiger partial charge on any atom is -0.379 e. The van der Waals surface area contributed by atoms with Crippen molar-refractivity contribution < 1.29 is 22.7 Å². The molecule has 0 bridgehead atoms. The lowest BCUT2D eigenvalue weighted by Gasteiger charge is -2.39. The Labute approximate surface area is 191 Å². The number of rotatable bonds is 7. The minimum atomic E-state index is -4.49. The predicted octanol–water partition coefficient (Wildman–Crippen LogP) is 1.07. The number of anilines is 1. The summed E-state index contributed by atoms with van der Waals surface area (Å²) in [7, 11) is 0. The van der Waals surface area contributed by atoms with Crippen LogP contribution >= 0.6 is 0 Å². The van der Waals surface area contributed by atoms with Crippen LogP contribution in [0.15, 0.2) is 29.6 Å².